The van der Waals surface area contributed by atoms with E-state index < -0.39 is 0 Å². The zero-order valence-corrected chi connectivity index (χ0v) is 12.1. The van der Waals surface area contributed by atoms with Crippen LogP contribution in [0.4, 0.5) is 0 Å². The maximum Gasteiger partial charge on any atom is 0.0660 e. The summed E-state index contributed by atoms with van der Waals surface area (Å²) >= 11 is 6.97. The van der Waals surface area contributed by atoms with E-state index in [4.69, 9.17) is 0 Å². The first-order valence-corrected chi connectivity index (χ1v) is 7.05. The third-order valence-corrected chi connectivity index (χ3v) is 3.58. The lowest BCUT2D eigenvalue weighted by atomic mass is 10.2. The zero-order chi connectivity index (χ0) is 11.5. The molecule has 1 heterocycles. The van der Waals surface area contributed by atoms with Gasteiger partial charge in [-0.3, -0.25) is 0 Å². The molecular weight excluding hydrogens is 332 g/mol. The maximum atomic E-state index is 4.43. The van der Waals surface area contributed by atoms with Crippen molar-refractivity contribution in [3.05, 3.63) is 46.2 Å². The Balaban J connectivity index is 2.51. The summed E-state index contributed by atoms with van der Waals surface area (Å²) in [5, 5.41) is 5.29. The molecule has 1 aromatic heterocycles. The first-order valence-electron chi connectivity index (χ1n) is 5.14. The minimum Gasteiger partial charge on any atom is -0.237 e. The van der Waals surface area contributed by atoms with Crippen molar-refractivity contribution in [3.8, 4) is 5.69 Å². The molecule has 2 nitrogen and oxygen atoms in total. The lowest BCUT2D eigenvalue weighted by molar-refractivity contribution is 0.811. The van der Waals surface area contributed by atoms with Crippen molar-refractivity contribution in [2.45, 2.75) is 18.7 Å². The molecule has 0 aliphatic carbocycles. The topological polar surface area (TPSA) is 17.8 Å². The molecule has 4 heteroatoms. The van der Waals surface area contributed by atoms with E-state index in [1.807, 2.05) is 23.0 Å². The van der Waals surface area contributed by atoms with Crippen LogP contribution in [0.3, 0.4) is 0 Å². The predicted octanol–water partition coefficient (Wildman–Crippen LogP) is 4.09. The van der Waals surface area contributed by atoms with Gasteiger partial charge < -0.3 is 0 Å². The number of alkyl halides is 1. The van der Waals surface area contributed by atoms with Crippen LogP contribution in [0.5, 0.6) is 0 Å². The molecule has 0 unspecified atom stereocenters. The summed E-state index contributed by atoms with van der Waals surface area (Å²) in [5.74, 6) is 0. The van der Waals surface area contributed by atoms with Gasteiger partial charge in [-0.15, -0.1) is 0 Å². The lowest BCUT2D eigenvalue weighted by Crippen LogP contribution is -2.02. The minimum absolute atomic E-state index is 0.851. The zero-order valence-electron chi connectivity index (χ0n) is 8.95. The molecule has 0 aliphatic heterocycles. The number of halogens is 2. The van der Waals surface area contributed by atoms with E-state index in [9.17, 15) is 0 Å². The summed E-state index contributed by atoms with van der Waals surface area (Å²) in [6, 6.07) is 8.18. The van der Waals surface area contributed by atoms with Crippen molar-refractivity contribution in [3.63, 3.8) is 0 Å². The predicted molar refractivity (Wildman–Crippen MR) is 73.3 cm³/mol. The number of rotatable bonds is 3. The van der Waals surface area contributed by atoms with Crippen LogP contribution < -0.4 is 0 Å². The van der Waals surface area contributed by atoms with E-state index in [0.29, 0.717) is 0 Å². The number of hydrogen-bond donors (Lipinski definition) is 0. The van der Waals surface area contributed by atoms with Crippen LogP contribution in [0, 0.1) is 0 Å². The summed E-state index contributed by atoms with van der Waals surface area (Å²) in [6.07, 6.45) is 2.90. The SMILES string of the molecule is CCc1c(CBr)cnn1-c1cccc(Br)c1. The van der Waals surface area contributed by atoms with E-state index in [1.54, 1.807) is 0 Å². The highest BCUT2D eigenvalue weighted by Crippen LogP contribution is 2.20. The molecule has 16 heavy (non-hydrogen) atoms. The fourth-order valence-corrected chi connectivity index (χ4v) is 2.58. The van der Waals surface area contributed by atoms with Crippen molar-refractivity contribution < 1.29 is 0 Å². The lowest BCUT2D eigenvalue weighted by Gasteiger charge is -2.07. The van der Waals surface area contributed by atoms with Crippen LogP contribution in [0.15, 0.2) is 34.9 Å². The molecule has 84 valence electrons. The summed E-state index contributed by atoms with van der Waals surface area (Å²) in [6.45, 7) is 2.15. The summed E-state index contributed by atoms with van der Waals surface area (Å²) < 4.78 is 3.07. The highest BCUT2D eigenvalue weighted by atomic mass is 79.9. The molecule has 0 atom stereocenters. The van der Waals surface area contributed by atoms with Gasteiger partial charge in [0, 0.05) is 21.1 Å². The van der Waals surface area contributed by atoms with Gasteiger partial charge in [0.15, 0.2) is 0 Å². The molecule has 0 saturated heterocycles. The molecule has 0 radical (unpaired) electrons. The first-order chi connectivity index (χ1) is 7.76. The molecule has 2 aromatic rings. The van der Waals surface area contributed by atoms with E-state index in [-0.39, 0.29) is 0 Å². The Kier molecular flexibility index (Phi) is 3.82. The molecule has 2 rings (SSSR count). The summed E-state index contributed by atoms with van der Waals surface area (Å²) in [5.41, 5.74) is 3.61. The Morgan fingerprint density at radius 3 is 2.81 bits per heavy atom. The molecular formula is C12H12Br2N2. The molecule has 0 aliphatic rings. The first kappa shape index (κ1) is 11.9. The minimum atomic E-state index is 0.851. The number of hydrogen-bond acceptors (Lipinski definition) is 1. The number of nitrogens with zero attached hydrogens (tertiary/aromatic N) is 2. The molecule has 0 fully saturated rings. The molecule has 0 saturated carbocycles. The molecule has 0 amide bonds. The van der Waals surface area contributed by atoms with Crippen LogP contribution in [0.2, 0.25) is 0 Å². The fraction of sp³-hybridized carbons (Fsp3) is 0.250. The van der Waals surface area contributed by atoms with Gasteiger partial charge >= 0.3 is 0 Å². The average molecular weight is 344 g/mol. The normalized spacial score (nSPS) is 10.7. The summed E-state index contributed by atoms with van der Waals surface area (Å²) in [4.78, 5) is 0. The number of benzene rings is 1. The van der Waals surface area contributed by atoms with Gasteiger partial charge in [-0.2, -0.15) is 5.10 Å². The van der Waals surface area contributed by atoms with E-state index in [0.717, 1.165) is 21.9 Å². The Hall–Kier alpha value is -0.610. The summed E-state index contributed by atoms with van der Waals surface area (Å²) in [7, 11) is 0. The van der Waals surface area contributed by atoms with Gasteiger partial charge in [-0.1, -0.05) is 44.8 Å². The second kappa shape index (κ2) is 5.15. The van der Waals surface area contributed by atoms with Gasteiger partial charge in [-0.05, 0) is 24.6 Å². The van der Waals surface area contributed by atoms with Gasteiger partial charge in [0.1, 0.15) is 0 Å². The Morgan fingerprint density at radius 2 is 2.19 bits per heavy atom. The molecule has 0 spiro atoms. The quantitative estimate of drug-likeness (QED) is 0.767. The van der Waals surface area contributed by atoms with Crippen molar-refractivity contribution in [2.75, 3.05) is 0 Å². The van der Waals surface area contributed by atoms with Crippen LogP contribution >= 0.6 is 31.9 Å². The van der Waals surface area contributed by atoms with Crippen LogP contribution in [-0.4, -0.2) is 9.78 Å². The smallest absolute Gasteiger partial charge is 0.0660 e. The van der Waals surface area contributed by atoms with Crippen molar-refractivity contribution in [2.24, 2.45) is 0 Å². The maximum absolute atomic E-state index is 4.43. The second-order valence-electron chi connectivity index (χ2n) is 3.50. The van der Waals surface area contributed by atoms with E-state index in [2.05, 4.69) is 56.0 Å². The number of aromatic nitrogens is 2. The Labute approximate surface area is 112 Å². The van der Waals surface area contributed by atoms with Gasteiger partial charge in [0.05, 0.1) is 11.9 Å². The third kappa shape index (κ3) is 2.23. The van der Waals surface area contributed by atoms with Crippen LogP contribution in [0.1, 0.15) is 18.2 Å². The van der Waals surface area contributed by atoms with E-state index >= 15 is 0 Å². The van der Waals surface area contributed by atoms with Gasteiger partial charge in [0.2, 0.25) is 0 Å². The Morgan fingerprint density at radius 1 is 1.38 bits per heavy atom. The van der Waals surface area contributed by atoms with Gasteiger partial charge in [0.25, 0.3) is 0 Å². The van der Waals surface area contributed by atoms with Crippen molar-refractivity contribution >= 4 is 31.9 Å². The van der Waals surface area contributed by atoms with Gasteiger partial charge in [-0.25, -0.2) is 4.68 Å². The highest BCUT2D eigenvalue weighted by molar-refractivity contribution is 9.10. The largest absolute Gasteiger partial charge is 0.237 e. The molecule has 1 aromatic carbocycles. The van der Waals surface area contributed by atoms with Crippen molar-refractivity contribution in [1.29, 1.82) is 0 Å². The monoisotopic (exact) mass is 342 g/mol. The standard InChI is InChI=1S/C12H12Br2N2/c1-2-12-9(7-13)8-15-16(12)11-5-3-4-10(14)6-11/h3-6,8H,2,7H2,1H3. The Bertz CT molecular complexity index is 492. The second-order valence-corrected chi connectivity index (χ2v) is 4.97. The van der Waals surface area contributed by atoms with E-state index in [1.165, 1.54) is 11.3 Å². The molecule has 0 N–H and O–H groups in total. The van der Waals surface area contributed by atoms with Crippen LogP contribution in [0.25, 0.3) is 5.69 Å². The average Bonchev–Trinajstić information content (AvgIpc) is 2.71. The van der Waals surface area contributed by atoms with Crippen LogP contribution in [-0.2, 0) is 11.8 Å². The highest BCUT2D eigenvalue weighted by Gasteiger charge is 2.09. The molecule has 0 bridgehead atoms. The third-order valence-electron chi connectivity index (χ3n) is 2.49. The van der Waals surface area contributed by atoms with Crippen molar-refractivity contribution in [1.82, 2.24) is 9.78 Å². The fourth-order valence-electron chi connectivity index (χ4n) is 1.73.